The highest BCUT2D eigenvalue weighted by molar-refractivity contribution is 9.10. The lowest BCUT2D eigenvalue weighted by Gasteiger charge is -2.30. The number of fused-ring (bicyclic) bond motifs is 1. The maximum atomic E-state index is 5.86. The fourth-order valence-electron chi connectivity index (χ4n) is 3.73. The number of methoxy groups -OCH3 is 3. The van der Waals surface area contributed by atoms with Gasteiger partial charge in [-0.1, -0.05) is 0 Å². The van der Waals surface area contributed by atoms with Crippen molar-refractivity contribution < 1.29 is 23.7 Å². The minimum atomic E-state index is -0.0586. The second kappa shape index (κ2) is 9.59. The van der Waals surface area contributed by atoms with Gasteiger partial charge >= 0.3 is 0 Å². The maximum absolute atomic E-state index is 5.86. The van der Waals surface area contributed by atoms with Crippen molar-refractivity contribution in [3.63, 3.8) is 0 Å². The van der Waals surface area contributed by atoms with Gasteiger partial charge in [0, 0.05) is 6.54 Å². The van der Waals surface area contributed by atoms with Crippen LogP contribution in [0.5, 0.6) is 28.7 Å². The fourth-order valence-corrected chi connectivity index (χ4v) is 4.41. The Kier molecular flexibility index (Phi) is 7.14. The molecule has 2 aromatic carbocycles. The van der Waals surface area contributed by atoms with E-state index in [4.69, 9.17) is 23.7 Å². The molecule has 6 nitrogen and oxygen atoms in total. The van der Waals surface area contributed by atoms with Crippen LogP contribution in [-0.2, 0) is 6.42 Å². The Morgan fingerprint density at radius 3 is 2.07 bits per heavy atom. The van der Waals surface area contributed by atoms with Crippen LogP contribution in [0, 0.1) is 0 Å². The Labute approximate surface area is 180 Å². The molecule has 0 aromatic heterocycles. The highest BCUT2D eigenvalue weighted by Crippen LogP contribution is 2.48. The molecule has 0 fully saturated rings. The summed E-state index contributed by atoms with van der Waals surface area (Å²) >= 11 is 3.72. The van der Waals surface area contributed by atoms with E-state index in [1.54, 1.807) is 21.3 Å². The minimum Gasteiger partial charge on any atom is -0.493 e. The summed E-state index contributed by atoms with van der Waals surface area (Å²) in [6.07, 6.45) is 0.917. The van der Waals surface area contributed by atoms with E-state index in [2.05, 4.69) is 33.4 Å². The molecule has 29 heavy (non-hydrogen) atoms. The number of rotatable bonds is 8. The number of benzene rings is 2. The third-order valence-corrected chi connectivity index (χ3v) is 5.79. The SMILES string of the molecule is CCOc1cc2c(cc1OCC)C(c1cc(OC)c(OC)c(OC)c1Br)NCC2. The summed E-state index contributed by atoms with van der Waals surface area (Å²) in [6, 6.07) is 6.10. The molecule has 158 valence electrons. The molecule has 0 spiro atoms. The van der Waals surface area contributed by atoms with Crippen molar-refractivity contribution in [2.24, 2.45) is 0 Å². The van der Waals surface area contributed by atoms with Gasteiger partial charge < -0.3 is 29.0 Å². The van der Waals surface area contributed by atoms with Crippen LogP contribution >= 0.6 is 15.9 Å². The summed E-state index contributed by atoms with van der Waals surface area (Å²) in [5, 5.41) is 3.62. The van der Waals surface area contributed by atoms with Crippen LogP contribution in [0.4, 0.5) is 0 Å². The zero-order valence-electron chi connectivity index (χ0n) is 17.6. The molecule has 1 unspecified atom stereocenters. The first-order valence-electron chi connectivity index (χ1n) is 9.73. The third-order valence-electron chi connectivity index (χ3n) is 4.97. The van der Waals surface area contributed by atoms with Gasteiger partial charge in [0.2, 0.25) is 5.75 Å². The second-order valence-corrected chi connectivity index (χ2v) is 7.34. The quantitative estimate of drug-likeness (QED) is 0.618. The third kappa shape index (κ3) is 4.12. The van der Waals surface area contributed by atoms with E-state index in [9.17, 15) is 0 Å². The van der Waals surface area contributed by atoms with Crippen molar-refractivity contribution >= 4 is 15.9 Å². The average molecular weight is 466 g/mol. The summed E-state index contributed by atoms with van der Waals surface area (Å²) < 4.78 is 29.2. The van der Waals surface area contributed by atoms with Crippen molar-refractivity contribution in [1.82, 2.24) is 5.32 Å². The Bertz CT molecular complexity index is 871. The Morgan fingerprint density at radius 2 is 1.48 bits per heavy atom. The van der Waals surface area contributed by atoms with Gasteiger partial charge in [0.05, 0.1) is 45.1 Å². The molecule has 0 saturated carbocycles. The van der Waals surface area contributed by atoms with E-state index >= 15 is 0 Å². The molecule has 0 saturated heterocycles. The van der Waals surface area contributed by atoms with Crippen LogP contribution in [0.2, 0.25) is 0 Å². The largest absolute Gasteiger partial charge is 0.493 e. The predicted molar refractivity (Wildman–Crippen MR) is 116 cm³/mol. The number of ether oxygens (including phenoxy) is 5. The Morgan fingerprint density at radius 1 is 0.862 bits per heavy atom. The first-order chi connectivity index (χ1) is 14.1. The topological polar surface area (TPSA) is 58.2 Å². The molecule has 0 bridgehead atoms. The molecule has 0 aliphatic carbocycles. The van der Waals surface area contributed by atoms with E-state index in [0.717, 1.165) is 40.1 Å². The zero-order valence-corrected chi connectivity index (χ0v) is 19.1. The second-order valence-electron chi connectivity index (χ2n) is 6.55. The van der Waals surface area contributed by atoms with Gasteiger partial charge in [-0.2, -0.15) is 0 Å². The van der Waals surface area contributed by atoms with Crippen LogP contribution < -0.4 is 29.0 Å². The van der Waals surface area contributed by atoms with Crippen molar-refractivity contribution in [3.05, 3.63) is 39.4 Å². The van der Waals surface area contributed by atoms with Gasteiger partial charge in [-0.3, -0.25) is 0 Å². The van der Waals surface area contributed by atoms with E-state index in [1.807, 2.05) is 19.9 Å². The van der Waals surface area contributed by atoms with Gasteiger partial charge in [-0.15, -0.1) is 0 Å². The maximum Gasteiger partial charge on any atom is 0.204 e. The van der Waals surface area contributed by atoms with Crippen LogP contribution in [0.25, 0.3) is 0 Å². The van der Waals surface area contributed by atoms with Gasteiger partial charge in [0.25, 0.3) is 0 Å². The van der Waals surface area contributed by atoms with Crippen LogP contribution in [-0.4, -0.2) is 41.1 Å². The molecular weight excluding hydrogens is 438 g/mol. The van der Waals surface area contributed by atoms with Gasteiger partial charge in [0.15, 0.2) is 23.0 Å². The lowest BCUT2D eigenvalue weighted by atomic mass is 9.89. The lowest BCUT2D eigenvalue weighted by molar-refractivity contribution is 0.286. The first-order valence-corrected chi connectivity index (χ1v) is 10.5. The monoisotopic (exact) mass is 465 g/mol. The lowest BCUT2D eigenvalue weighted by Crippen LogP contribution is -2.31. The summed E-state index contributed by atoms with van der Waals surface area (Å²) in [5.74, 6) is 3.32. The molecule has 1 N–H and O–H groups in total. The van der Waals surface area contributed by atoms with E-state index in [1.165, 1.54) is 5.56 Å². The van der Waals surface area contributed by atoms with Gasteiger partial charge in [-0.25, -0.2) is 0 Å². The van der Waals surface area contributed by atoms with E-state index in [-0.39, 0.29) is 6.04 Å². The molecule has 7 heteroatoms. The molecule has 2 aromatic rings. The predicted octanol–water partition coefficient (Wildman–Crippen LogP) is 4.51. The van der Waals surface area contributed by atoms with Crippen LogP contribution in [0.3, 0.4) is 0 Å². The molecule has 1 aliphatic rings. The van der Waals surface area contributed by atoms with Crippen molar-refractivity contribution in [1.29, 1.82) is 0 Å². The number of nitrogens with one attached hydrogen (secondary N) is 1. The molecule has 1 atom stereocenters. The Hall–Kier alpha value is -2.12. The highest BCUT2D eigenvalue weighted by Gasteiger charge is 2.29. The summed E-state index contributed by atoms with van der Waals surface area (Å²) in [4.78, 5) is 0. The van der Waals surface area contributed by atoms with Crippen molar-refractivity contribution in [3.8, 4) is 28.7 Å². The van der Waals surface area contributed by atoms with Crippen molar-refractivity contribution in [2.45, 2.75) is 26.3 Å². The molecule has 1 aliphatic heterocycles. The fraction of sp³-hybridized carbons (Fsp3) is 0.455. The van der Waals surface area contributed by atoms with Crippen LogP contribution in [0.1, 0.15) is 36.6 Å². The van der Waals surface area contributed by atoms with Crippen LogP contribution in [0.15, 0.2) is 22.7 Å². The summed E-state index contributed by atoms with van der Waals surface area (Å²) in [6.45, 7) is 5.97. The minimum absolute atomic E-state index is 0.0586. The highest BCUT2D eigenvalue weighted by atomic mass is 79.9. The Balaban J connectivity index is 2.16. The summed E-state index contributed by atoms with van der Waals surface area (Å²) in [7, 11) is 4.85. The average Bonchev–Trinajstić information content (AvgIpc) is 2.73. The van der Waals surface area contributed by atoms with Gasteiger partial charge in [0.1, 0.15) is 0 Å². The smallest absolute Gasteiger partial charge is 0.204 e. The van der Waals surface area contributed by atoms with Crippen molar-refractivity contribution in [2.75, 3.05) is 41.1 Å². The molecule has 3 rings (SSSR count). The van der Waals surface area contributed by atoms with Gasteiger partial charge in [-0.05, 0) is 71.1 Å². The summed E-state index contributed by atoms with van der Waals surface area (Å²) in [5.41, 5.74) is 3.39. The molecule has 0 radical (unpaired) electrons. The van der Waals surface area contributed by atoms with E-state index in [0.29, 0.717) is 30.5 Å². The number of hydrogen-bond acceptors (Lipinski definition) is 6. The number of halogens is 1. The number of hydrogen-bond donors (Lipinski definition) is 1. The molecule has 1 heterocycles. The first kappa shape index (κ1) is 21.6. The normalized spacial score (nSPS) is 15.4. The molecular formula is C22H28BrNO5. The zero-order chi connectivity index (χ0) is 21.0. The standard InChI is InChI=1S/C22H28BrNO5/c1-6-28-16-10-13-8-9-24-20(14(13)11-17(16)29-7-2)15-12-18(25-3)21(26-4)22(27-5)19(15)23/h10-12,20,24H,6-9H2,1-5H3. The molecule has 0 amide bonds. The van der Waals surface area contributed by atoms with E-state index < -0.39 is 0 Å².